The third-order valence-corrected chi connectivity index (χ3v) is 6.25. The quantitative estimate of drug-likeness (QED) is 0.577. The molecule has 3 aromatic rings. The number of aromatic amines is 1. The largest absolute Gasteiger partial charge is 0.342 e. The number of imidazole rings is 1. The van der Waals surface area contributed by atoms with Gasteiger partial charge in [-0.25, -0.2) is 9.37 Å². The number of halogens is 3. The number of hydrogen-bond donors (Lipinski definition) is 2. The van der Waals surface area contributed by atoms with Crippen LogP contribution in [0, 0.1) is 5.82 Å². The van der Waals surface area contributed by atoms with Gasteiger partial charge < -0.3 is 10.3 Å². The minimum absolute atomic E-state index is 0.111. The van der Waals surface area contributed by atoms with Crippen LogP contribution in [0.15, 0.2) is 40.9 Å². The van der Waals surface area contributed by atoms with E-state index in [1.165, 1.54) is 11.6 Å². The Morgan fingerprint density at radius 2 is 1.88 bits per heavy atom. The van der Waals surface area contributed by atoms with Crippen molar-refractivity contribution in [2.45, 2.75) is 31.1 Å². The highest BCUT2D eigenvalue weighted by Gasteiger charge is 2.33. The zero-order chi connectivity index (χ0) is 18.1. The lowest BCUT2D eigenvalue weighted by Gasteiger charge is -2.38. The molecule has 1 aliphatic heterocycles. The Hall–Kier alpha value is -1.43. The molecule has 0 radical (unpaired) electrons. The number of piperidine rings is 1. The fourth-order valence-corrected chi connectivity index (χ4v) is 4.35. The highest BCUT2D eigenvalue weighted by Crippen LogP contribution is 2.38. The van der Waals surface area contributed by atoms with Gasteiger partial charge in [0, 0.05) is 17.0 Å². The summed E-state index contributed by atoms with van der Waals surface area (Å²) in [5.74, 6) is 0.468. The number of aromatic nitrogens is 2. The van der Waals surface area contributed by atoms with E-state index in [2.05, 4.69) is 55.5 Å². The van der Waals surface area contributed by atoms with Gasteiger partial charge in [0.05, 0.1) is 16.1 Å². The van der Waals surface area contributed by atoms with E-state index in [4.69, 9.17) is 11.6 Å². The summed E-state index contributed by atoms with van der Waals surface area (Å²) in [4.78, 5) is 7.86. The summed E-state index contributed by atoms with van der Waals surface area (Å²) in [6.07, 6.45) is 4.04. The van der Waals surface area contributed by atoms with Crippen LogP contribution in [0.25, 0.3) is 11.0 Å². The van der Waals surface area contributed by atoms with Crippen molar-refractivity contribution in [1.82, 2.24) is 15.3 Å². The SMILES string of the molecule is Fc1cc2[nH]c(CCC3(c4ccc(Br)cc4)CCNCC3)nc2cc1Cl. The van der Waals surface area contributed by atoms with Gasteiger partial charge in [-0.05, 0) is 61.5 Å². The summed E-state index contributed by atoms with van der Waals surface area (Å²) < 4.78 is 14.8. The number of H-pyrrole nitrogens is 1. The Morgan fingerprint density at radius 1 is 1.15 bits per heavy atom. The molecule has 1 fully saturated rings. The maximum absolute atomic E-state index is 13.7. The van der Waals surface area contributed by atoms with Crippen LogP contribution in [0.2, 0.25) is 5.02 Å². The fraction of sp³-hybridized carbons (Fsp3) is 0.350. The number of nitrogens with one attached hydrogen (secondary N) is 2. The van der Waals surface area contributed by atoms with Gasteiger partial charge in [0.25, 0.3) is 0 Å². The summed E-state index contributed by atoms with van der Waals surface area (Å²) in [5, 5.41) is 3.58. The molecule has 0 unspecified atom stereocenters. The van der Waals surface area contributed by atoms with Crippen LogP contribution < -0.4 is 5.32 Å². The van der Waals surface area contributed by atoms with Gasteiger partial charge in [-0.15, -0.1) is 0 Å². The Morgan fingerprint density at radius 3 is 2.62 bits per heavy atom. The van der Waals surface area contributed by atoms with Gasteiger partial charge in [-0.3, -0.25) is 0 Å². The van der Waals surface area contributed by atoms with E-state index in [0.29, 0.717) is 5.52 Å². The lowest BCUT2D eigenvalue weighted by atomic mass is 9.70. The molecule has 1 saturated heterocycles. The van der Waals surface area contributed by atoms with E-state index in [0.717, 1.165) is 54.6 Å². The molecular weight excluding hydrogens is 417 g/mol. The van der Waals surface area contributed by atoms with Crippen molar-refractivity contribution in [3.8, 4) is 0 Å². The smallest absolute Gasteiger partial charge is 0.144 e. The van der Waals surface area contributed by atoms with Crippen molar-refractivity contribution in [1.29, 1.82) is 0 Å². The maximum Gasteiger partial charge on any atom is 0.144 e. The molecule has 0 bridgehead atoms. The Kier molecular flexibility index (Phi) is 5.04. The van der Waals surface area contributed by atoms with Crippen LogP contribution >= 0.6 is 27.5 Å². The highest BCUT2D eigenvalue weighted by molar-refractivity contribution is 9.10. The molecule has 4 rings (SSSR count). The lowest BCUT2D eigenvalue weighted by Crippen LogP contribution is -2.40. The third-order valence-electron chi connectivity index (χ3n) is 5.43. The molecule has 136 valence electrons. The summed E-state index contributed by atoms with van der Waals surface area (Å²) in [6, 6.07) is 11.7. The van der Waals surface area contributed by atoms with Gasteiger partial charge >= 0.3 is 0 Å². The van der Waals surface area contributed by atoms with Gasteiger partial charge in [0.15, 0.2) is 0 Å². The Labute approximate surface area is 165 Å². The van der Waals surface area contributed by atoms with Crippen LogP contribution in [0.5, 0.6) is 0 Å². The average Bonchev–Trinajstić information content (AvgIpc) is 3.03. The van der Waals surface area contributed by atoms with E-state index in [1.807, 2.05) is 0 Å². The molecule has 2 N–H and O–H groups in total. The van der Waals surface area contributed by atoms with Crippen LogP contribution in [-0.4, -0.2) is 23.1 Å². The first-order valence-corrected chi connectivity index (χ1v) is 10.0. The second kappa shape index (κ2) is 7.29. The van der Waals surface area contributed by atoms with Crippen molar-refractivity contribution in [2.24, 2.45) is 0 Å². The van der Waals surface area contributed by atoms with Crippen molar-refractivity contribution in [3.63, 3.8) is 0 Å². The van der Waals surface area contributed by atoms with Crippen molar-refractivity contribution >= 4 is 38.6 Å². The van der Waals surface area contributed by atoms with Gasteiger partial charge in [0.2, 0.25) is 0 Å². The standard InChI is InChI=1S/C20H20BrClFN3/c21-14-3-1-13(2-4-14)20(7-9-24-10-8-20)6-5-19-25-17-11-15(22)16(23)12-18(17)26-19/h1-4,11-12,24H,5-10H2,(H,25,26). The van der Waals surface area contributed by atoms with E-state index >= 15 is 0 Å². The first-order valence-electron chi connectivity index (χ1n) is 8.86. The van der Waals surface area contributed by atoms with Crippen LogP contribution in [-0.2, 0) is 11.8 Å². The van der Waals surface area contributed by atoms with E-state index < -0.39 is 5.82 Å². The van der Waals surface area contributed by atoms with Crippen LogP contribution in [0.3, 0.4) is 0 Å². The molecule has 2 heterocycles. The Bertz CT molecular complexity index is 878. The monoisotopic (exact) mass is 435 g/mol. The summed E-state index contributed by atoms with van der Waals surface area (Å²) in [7, 11) is 0. The fourth-order valence-electron chi connectivity index (χ4n) is 3.93. The second-order valence-corrected chi connectivity index (χ2v) is 8.33. The molecule has 1 aliphatic rings. The van der Waals surface area contributed by atoms with E-state index in [9.17, 15) is 4.39 Å². The normalized spacial score (nSPS) is 16.9. The van der Waals surface area contributed by atoms with Crippen LogP contribution in [0.4, 0.5) is 4.39 Å². The maximum atomic E-state index is 13.7. The second-order valence-electron chi connectivity index (χ2n) is 7.00. The highest BCUT2D eigenvalue weighted by atomic mass is 79.9. The van der Waals surface area contributed by atoms with Crippen molar-refractivity contribution < 1.29 is 4.39 Å². The average molecular weight is 437 g/mol. The predicted octanol–water partition coefficient (Wildman–Crippen LogP) is 5.37. The molecule has 0 aliphatic carbocycles. The van der Waals surface area contributed by atoms with Gasteiger partial charge in [0.1, 0.15) is 11.6 Å². The minimum Gasteiger partial charge on any atom is -0.342 e. The molecule has 0 amide bonds. The van der Waals surface area contributed by atoms with E-state index in [-0.39, 0.29) is 10.4 Å². The van der Waals surface area contributed by atoms with Crippen molar-refractivity contribution in [2.75, 3.05) is 13.1 Å². The molecule has 26 heavy (non-hydrogen) atoms. The lowest BCUT2D eigenvalue weighted by molar-refractivity contribution is 0.286. The zero-order valence-corrected chi connectivity index (χ0v) is 16.6. The predicted molar refractivity (Wildman–Crippen MR) is 107 cm³/mol. The third kappa shape index (κ3) is 3.53. The molecule has 2 aromatic carbocycles. The molecule has 0 saturated carbocycles. The molecule has 3 nitrogen and oxygen atoms in total. The Balaban J connectivity index is 1.59. The first-order chi connectivity index (χ1) is 12.6. The van der Waals surface area contributed by atoms with Crippen LogP contribution in [0.1, 0.15) is 30.7 Å². The minimum atomic E-state index is -0.418. The summed E-state index contributed by atoms with van der Waals surface area (Å²) in [6.45, 7) is 2.05. The molecule has 0 atom stereocenters. The molecular formula is C20H20BrClFN3. The first kappa shape index (κ1) is 18.0. The number of hydrogen-bond acceptors (Lipinski definition) is 2. The summed E-state index contributed by atoms with van der Waals surface area (Å²) >= 11 is 9.40. The van der Waals surface area contributed by atoms with E-state index in [1.54, 1.807) is 6.07 Å². The molecule has 6 heteroatoms. The number of fused-ring (bicyclic) bond motifs is 1. The number of rotatable bonds is 4. The topological polar surface area (TPSA) is 40.7 Å². The number of benzene rings is 2. The van der Waals surface area contributed by atoms with Crippen molar-refractivity contribution in [3.05, 3.63) is 63.1 Å². The molecule has 0 spiro atoms. The number of nitrogens with zero attached hydrogens (tertiary/aromatic N) is 1. The number of aryl methyl sites for hydroxylation is 1. The molecule has 1 aromatic heterocycles. The van der Waals surface area contributed by atoms with Gasteiger partial charge in [-0.1, -0.05) is 39.7 Å². The summed E-state index contributed by atoms with van der Waals surface area (Å²) in [5.41, 5.74) is 2.94. The zero-order valence-electron chi connectivity index (χ0n) is 14.3. The van der Waals surface area contributed by atoms with Gasteiger partial charge in [-0.2, -0.15) is 0 Å².